The molecule has 1 unspecified atom stereocenters. The Kier molecular flexibility index (Phi) is 3.00. The molecule has 3 heteroatoms. The quantitative estimate of drug-likeness (QED) is 0.810. The highest BCUT2D eigenvalue weighted by atomic mass is 19.1. The maximum absolute atomic E-state index is 13.5. The van der Waals surface area contributed by atoms with Crippen molar-refractivity contribution in [3.8, 4) is 0 Å². The summed E-state index contributed by atoms with van der Waals surface area (Å²) >= 11 is 0. The van der Waals surface area contributed by atoms with E-state index in [0.717, 1.165) is 19.4 Å². The lowest BCUT2D eigenvalue weighted by Crippen LogP contribution is -2.20. The summed E-state index contributed by atoms with van der Waals surface area (Å²) in [4.78, 5) is 0. The number of rotatable bonds is 3. The Hall–Kier alpha value is -0.960. The first-order chi connectivity index (χ1) is 7.24. The normalized spacial score (nSPS) is 19.3. The van der Waals surface area contributed by atoms with E-state index in [1.165, 1.54) is 12.1 Å². The molecule has 82 valence electrons. The van der Waals surface area contributed by atoms with Gasteiger partial charge in [-0.1, -0.05) is 6.92 Å². The van der Waals surface area contributed by atoms with Gasteiger partial charge in [-0.2, -0.15) is 0 Å². The lowest BCUT2D eigenvalue weighted by atomic mass is 10.1. The molecule has 1 nitrogen and oxygen atoms in total. The second kappa shape index (κ2) is 4.27. The summed E-state index contributed by atoms with van der Waals surface area (Å²) in [5.74, 6) is -0.551. The van der Waals surface area contributed by atoms with Crippen LogP contribution in [0.4, 0.5) is 8.78 Å². The highest BCUT2D eigenvalue weighted by molar-refractivity contribution is 5.36. The second-order valence-electron chi connectivity index (χ2n) is 3.97. The predicted octanol–water partition coefficient (Wildman–Crippen LogP) is 2.95. The smallest absolute Gasteiger partial charge is 0.128 e. The summed E-state index contributed by atoms with van der Waals surface area (Å²) in [6.07, 6.45) is 2.44. The summed E-state index contributed by atoms with van der Waals surface area (Å²) in [5, 5.41) is 3.25. The lowest BCUT2D eigenvalue weighted by Gasteiger charge is -2.13. The van der Waals surface area contributed by atoms with Crippen molar-refractivity contribution in [2.24, 2.45) is 0 Å². The van der Waals surface area contributed by atoms with Gasteiger partial charge in [0.1, 0.15) is 11.6 Å². The maximum atomic E-state index is 13.5. The molecule has 0 heterocycles. The molecule has 0 saturated heterocycles. The highest BCUT2D eigenvalue weighted by Crippen LogP contribution is 2.34. The minimum atomic E-state index is -0.280. The summed E-state index contributed by atoms with van der Waals surface area (Å²) in [6, 6.07) is 2.44. The Morgan fingerprint density at radius 3 is 2.80 bits per heavy atom. The van der Waals surface area contributed by atoms with Crippen LogP contribution in [0.15, 0.2) is 12.1 Å². The average Bonchev–Trinajstić information content (AvgIpc) is 2.65. The van der Waals surface area contributed by atoms with Crippen LogP contribution in [0.2, 0.25) is 0 Å². The number of hydrogen-bond donors (Lipinski definition) is 1. The van der Waals surface area contributed by atoms with Crippen molar-refractivity contribution in [3.63, 3.8) is 0 Å². The number of halogens is 2. The molecule has 1 N–H and O–H groups in total. The fraction of sp³-hybridized carbons (Fsp3) is 0.500. The van der Waals surface area contributed by atoms with Crippen LogP contribution < -0.4 is 5.32 Å². The Bertz CT molecular complexity index is 363. The van der Waals surface area contributed by atoms with Crippen LogP contribution in [-0.2, 0) is 6.42 Å². The summed E-state index contributed by atoms with van der Waals surface area (Å²) < 4.78 is 26.9. The third kappa shape index (κ3) is 1.88. The topological polar surface area (TPSA) is 12.0 Å². The molecule has 1 aliphatic rings. The summed E-state index contributed by atoms with van der Waals surface area (Å²) in [5.41, 5.74) is 1.10. The van der Waals surface area contributed by atoms with E-state index < -0.39 is 0 Å². The summed E-state index contributed by atoms with van der Waals surface area (Å²) in [6.45, 7) is 2.91. The largest absolute Gasteiger partial charge is 0.310 e. The van der Waals surface area contributed by atoms with Gasteiger partial charge in [0.05, 0.1) is 0 Å². The van der Waals surface area contributed by atoms with Crippen molar-refractivity contribution in [2.45, 2.75) is 32.2 Å². The molecule has 1 atom stereocenters. The van der Waals surface area contributed by atoms with Gasteiger partial charge in [-0.3, -0.25) is 0 Å². The third-order valence-electron chi connectivity index (χ3n) is 2.92. The molecule has 0 fully saturated rings. The van der Waals surface area contributed by atoms with Crippen LogP contribution in [0.1, 0.15) is 36.9 Å². The molecular formula is C12H15F2N. The van der Waals surface area contributed by atoms with Gasteiger partial charge in [-0.25, -0.2) is 8.78 Å². The molecule has 0 aliphatic heterocycles. The van der Waals surface area contributed by atoms with Crippen LogP contribution in [0.25, 0.3) is 0 Å². The monoisotopic (exact) mass is 211 g/mol. The van der Waals surface area contributed by atoms with Crippen LogP contribution in [0, 0.1) is 11.6 Å². The number of benzene rings is 1. The van der Waals surface area contributed by atoms with Crippen molar-refractivity contribution in [1.29, 1.82) is 0 Å². The molecule has 1 aromatic carbocycles. The summed E-state index contributed by atoms with van der Waals surface area (Å²) in [7, 11) is 0. The second-order valence-corrected chi connectivity index (χ2v) is 3.97. The molecule has 1 aliphatic carbocycles. The predicted molar refractivity (Wildman–Crippen MR) is 55.7 cm³/mol. The van der Waals surface area contributed by atoms with Crippen LogP contribution in [0.5, 0.6) is 0 Å². The first kappa shape index (κ1) is 10.6. The lowest BCUT2D eigenvalue weighted by molar-refractivity contribution is 0.502. The van der Waals surface area contributed by atoms with Crippen molar-refractivity contribution >= 4 is 0 Å². The number of nitrogens with one attached hydrogen (secondary N) is 1. The molecule has 0 saturated carbocycles. The Morgan fingerprint density at radius 1 is 1.33 bits per heavy atom. The van der Waals surface area contributed by atoms with Gasteiger partial charge in [0.2, 0.25) is 0 Å². The van der Waals surface area contributed by atoms with Crippen molar-refractivity contribution in [2.75, 3.05) is 6.54 Å². The van der Waals surface area contributed by atoms with Gasteiger partial charge in [0.25, 0.3) is 0 Å². The van der Waals surface area contributed by atoms with Crippen molar-refractivity contribution in [1.82, 2.24) is 5.32 Å². The van der Waals surface area contributed by atoms with Gasteiger partial charge >= 0.3 is 0 Å². The molecule has 0 aromatic heterocycles. The first-order valence-electron chi connectivity index (χ1n) is 5.44. The van der Waals surface area contributed by atoms with Gasteiger partial charge in [-0.15, -0.1) is 0 Å². The van der Waals surface area contributed by atoms with Gasteiger partial charge in [0, 0.05) is 11.6 Å². The zero-order valence-corrected chi connectivity index (χ0v) is 8.82. The minimum absolute atomic E-state index is 0.00403. The van der Waals surface area contributed by atoms with E-state index in [1.54, 1.807) is 0 Å². The Balaban J connectivity index is 2.28. The first-order valence-corrected chi connectivity index (χ1v) is 5.44. The highest BCUT2D eigenvalue weighted by Gasteiger charge is 2.27. The molecule has 2 rings (SSSR count). The van der Waals surface area contributed by atoms with E-state index in [9.17, 15) is 8.78 Å². The third-order valence-corrected chi connectivity index (χ3v) is 2.92. The Labute approximate surface area is 88.5 Å². The van der Waals surface area contributed by atoms with Crippen LogP contribution in [0.3, 0.4) is 0 Å². The molecule has 15 heavy (non-hydrogen) atoms. The zero-order valence-electron chi connectivity index (χ0n) is 8.82. The SMILES string of the molecule is CCCNC1CCc2c(F)ccc(F)c21. The minimum Gasteiger partial charge on any atom is -0.310 e. The Morgan fingerprint density at radius 2 is 2.07 bits per heavy atom. The number of hydrogen-bond acceptors (Lipinski definition) is 1. The molecular weight excluding hydrogens is 196 g/mol. The fourth-order valence-corrected chi connectivity index (χ4v) is 2.20. The van der Waals surface area contributed by atoms with Gasteiger partial charge in [0.15, 0.2) is 0 Å². The molecule has 0 amide bonds. The molecule has 1 aromatic rings. The molecule has 0 spiro atoms. The zero-order chi connectivity index (χ0) is 10.8. The van der Waals surface area contributed by atoms with Crippen LogP contribution >= 0.6 is 0 Å². The standard InChI is InChI=1S/C12H15F2N/c1-2-7-15-11-6-3-8-9(13)4-5-10(14)12(8)11/h4-5,11,15H,2-3,6-7H2,1H3. The van der Waals surface area contributed by atoms with Crippen molar-refractivity contribution in [3.05, 3.63) is 34.9 Å². The van der Waals surface area contributed by atoms with Crippen LogP contribution in [-0.4, -0.2) is 6.54 Å². The maximum Gasteiger partial charge on any atom is 0.128 e. The van der Waals surface area contributed by atoms with E-state index in [0.29, 0.717) is 17.5 Å². The van der Waals surface area contributed by atoms with Crippen molar-refractivity contribution < 1.29 is 8.78 Å². The number of fused-ring (bicyclic) bond motifs is 1. The van der Waals surface area contributed by atoms with E-state index in [1.807, 2.05) is 0 Å². The van der Waals surface area contributed by atoms with Gasteiger partial charge in [-0.05, 0) is 43.5 Å². The van der Waals surface area contributed by atoms with E-state index in [2.05, 4.69) is 12.2 Å². The van der Waals surface area contributed by atoms with Gasteiger partial charge < -0.3 is 5.32 Å². The fourth-order valence-electron chi connectivity index (χ4n) is 2.20. The van der Waals surface area contributed by atoms with E-state index in [4.69, 9.17) is 0 Å². The average molecular weight is 211 g/mol. The van der Waals surface area contributed by atoms with E-state index >= 15 is 0 Å². The van der Waals surface area contributed by atoms with E-state index in [-0.39, 0.29) is 17.7 Å². The molecule has 0 radical (unpaired) electrons. The molecule has 0 bridgehead atoms.